The summed E-state index contributed by atoms with van der Waals surface area (Å²) >= 11 is 5.76. The van der Waals surface area contributed by atoms with Gasteiger partial charge in [-0.3, -0.25) is 0 Å². The standard InChI is InChI=1S/C7H8BClO2/c1-5-4-6(11-8-10)2-3-7(5)9/h2-4,8,10H,1H3. The SMILES string of the molecule is Cc1cc(OBO)ccc1Cl. The van der Waals surface area contributed by atoms with E-state index < -0.39 is 0 Å². The van der Waals surface area contributed by atoms with Gasteiger partial charge in [-0.2, -0.15) is 0 Å². The van der Waals surface area contributed by atoms with Crippen LogP contribution in [0.5, 0.6) is 5.75 Å². The van der Waals surface area contributed by atoms with E-state index in [4.69, 9.17) is 21.3 Å². The summed E-state index contributed by atoms with van der Waals surface area (Å²) in [5.41, 5.74) is 0.942. The normalized spacial score (nSPS) is 9.36. The van der Waals surface area contributed by atoms with Gasteiger partial charge in [-0.1, -0.05) is 11.6 Å². The molecular formula is C7H8BClO2. The molecule has 0 amide bonds. The molecule has 1 aromatic rings. The second kappa shape index (κ2) is 3.65. The molecule has 1 aromatic carbocycles. The fourth-order valence-electron chi connectivity index (χ4n) is 0.782. The highest BCUT2D eigenvalue weighted by Crippen LogP contribution is 2.20. The maximum absolute atomic E-state index is 8.42. The van der Waals surface area contributed by atoms with Crippen LogP contribution in [0.15, 0.2) is 18.2 Å². The van der Waals surface area contributed by atoms with Gasteiger partial charge in [-0.05, 0) is 30.7 Å². The van der Waals surface area contributed by atoms with Crippen LogP contribution in [-0.4, -0.2) is 12.7 Å². The molecule has 0 atom stereocenters. The van der Waals surface area contributed by atoms with Crippen molar-refractivity contribution in [3.63, 3.8) is 0 Å². The Morgan fingerprint density at radius 2 is 2.27 bits per heavy atom. The van der Waals surface area contributed by atoms with Crippen molar-refractivity contribution >= 4 is 19.3 Å². The minimum atomic E-state index is -0.304. The van der Waals surface area contributed by atoms with Gasteiger partial charge in [0.25, 0.3) is 0 Å². The quantitative estimate of drug-likeness (QED) is 0.678. The molecule has 0 radical (unpaired) electrons. The lowest BCUT2D eigenvalue weighted by atomic mass is 10.2. The monoisotopic (exact) mass is 170 g/mol. The zero-order chi connectivity index (χ0) is 8.27. The van der Waals surface area contributed by atoms with Crippen molar-refractivity contribution < 1.29 is 9.68 Å². The highest BCUT2D eigenvalue weighted by molar-refractivity contribution is 6.31. The first-order valence-corrected chi connectivity index (χ1v) is 3.61. The summed E-state index contributed by atoms with van der Waals surface area (Å²) in [6, 6.07) is 5.23. The van der Waals surface area contributed by atoms with Crippen LogP contribution in [-0.2, 0) is 0 Å². The van der Waals surface area contributed by atoms with Crippen LogP contribution >= 0.6 is 11.6 Å². The zero-order valence-electron chi connectivity index (χ0n) is 6.17. The maximum Gasteiger partial charge on any atom is 0.504 e. The average Bonchev–Trinajstić information content (AvgIpc) is 1.98. The van der Waals surface area contributed by atoms with E-state index in [1.54, 1.807) is 18.2 Å². The summed E-state index contributed by atoms with van der Waals surface area (Å²) in [4.78, 5) is 0. The number of halogens is 1. The first-order chi connectivity index (χ1) is 5.24. The number of aryl methyl sites for hydroxylation is 1. The second-order valence-corrected chi connectivity index (χ2v) is 2.59. The van der Waals surface area contributed by atoms with Gasteiger partial charge in [0.05, 0.1) is 0 Å². The predicted molar refractivity (Wildman–Crippen MR) is 46.2 cm³/mol. The first kappa shape index (κ1) is 8.43. The molecule has 0 unspecified atom stereocenters. The molecule has 0 saturated carbocycles. The van der Waals surface area contributed by atoms with Gasteiger partial charge in [-0.25, -0.2) is 0 Å². The molecule has 0 aromatic heterocycles. The molecule has 0 fully saturated rings. The van der Waals surface area contributed by atoms with E-state index in [1.807, 2.05) is 6.92 Å². The van der Waals surface area contributed by atoms with Crippen molar-refractivity contribution in [3.05, 3.63) is 28.8 Å². The largest absolute Gasteiger partial charge is 0.539 e. The van der Waals surface area contributed by atoms with Crippen LogP contribution in [0.4, 0.5) is 0 Å². The third-order valence-corrected chi connectivity index (χ3v) is 1.78. The zero-order valence-corrected chi connectivity index (χ0v) is 6.93. The van der Waals surface area contributed by atoms with E-state index in [-0.39, 0.29) is 7.69 Å². The maximum atomic E-state index is 8.42. The number of hydrogen-bond donors (Lipinski definition) is 1. The van der Waals surface area contributed by atoms with Gasteiger partial charge in [0.15, 0.2) is 0 Å². The van der Waals surface area contributed by atoms with Crippen molar-refractivity contribution in [2.75, 3.05) is 0 Å². The number of rotatable bonds is 2. The molecule has 0 aliphatic rings. The average molecular weight is 170 g/mol. The van der Waals surface area contributed by atoms with E-state index in [0.29, 0.717) is 10.8 Å². The van der Waals surface area contributed by atoms with E-state index >= 15 is 0 Å². The molecule has 58 valence electrons. The molecule has 0 heterocycles. The fraction of sp³-hybridized carbons (Fsp3) is 0.143. The lowest BCUT2D eigenvalue weighted by molar-refractivity contribution is 0.453. The van der Waals surface area contributed by atoms with Crippen LogP contribution in [0.25, 0.3) is 0 Å². The second-order valence-electron chi connectivity index (χ2n) is 2.18. The summed E-state index contributed by atoms with van der Waals surface area (Å²) in [5.74, 6) is 0.634. The summed E-state index contributed by atoms with van der Waals surface area (Å²) in [7, 11) is -0.304. The molecule has 0 aliphatic carbocycles. The Bertz CT molecular complexity index is 252. The molecule has 0 spiro atoms. The molecule has 1 rings (SSSR count). The lowest BCUT2D eigenvalue weighted by Crippen LogP contribution is -1.99. The van der Waals surface area contributed by atoms with Crippen LogP contribution in [0, 0.1) is 6.92 Å². The van der Waals surface area contributed by atoms with Gasteiger partial charge < -0.3 is 9.68 Å². The molecule has 0 saturated heterocycles. The van der Waals surface area contributed by atoms with Crippen LogP contribution in [0.3, 0.4) is 0 Å². The van der Waals surface area contributed by atoms with E-state index in [9.17, 15) is 0 Å². The van der Waals surface area contributed by atoms with Crippen molar-refractivity contribution in [2.45, 2.75) is 6.92 Å². The first-order valence-electron chi connectivity index (χ1n) is 3.24. The van der Waals surface area contributed by atoms with Gasteiger partial charge in [0.2, 0.25) is 0 Å². The molecule has 2 nitrogen and oxygen atoms in total. The predicted octanol–water partition coefficient (Wildman–Crippen LogP) is 1.29. The molecule has 4 heteroatoms. The molecule has 11 heavy (non-hydrogen) atoms. The molecular weight excluding hydrogens is 162 g/mol. The van der Waals surface area contributed by atoms with E-state index in [0.717, 1.165) is 5.56 Å². The Hall–Kier alpha value is -0.665. The van der Waals surface area contributed by atoms with Crippen molar-refractivity contribution in [2.24, 2.45) is 0 Å². The molecule has 1 N–H and O–H groups in total. The number of hydrogen-bond acceptors (Lipinski definition) is 2. The van der Waals surface area contributed by atoms with Crippen molar-refractivity contribution in [1.82, 2.24) is 0 Å². The van der Waals surface area contributed by atoms with Gasteiger partial charge in [-0.15, -0.1) is 0 Å². The van der Waals surface area contributed by atoms with Crippen LogP contribution < -0.4 is 4.65 Å². The van der Waals surface area contributed by atoms with E-state index in [2.05, 4.69) is 0 Å². The third kappa shape index (κ3) is 2.14. The minimum Gasteiger partial charge on any atom is -0.539 e. The minimum absolute atomic E-state index is 0.304. The summed E-state index contributed by atoms with van der Waals surface area (Å²) in [6.45, 7) is 1.88. The Morgan fingerprint density at radius 3 is 2.82 bits per heavy atom. The molecule has 0 bridgehead atoms. The Labute approximate surface area is 71.1 Å². The highest BCUT2D eigenvalue weighted by Gasteiger charge is 1.97. The lowest BCUT2D eigenvalue weighted by Gasteiger charge is -2.03. The fourth-order valence-corrected chi connectivity index (χ4v) is 0.899. The summed E-state index contributed by atoms with van der Waals surface area (Å²) < 4.78 is 4.84. The Morgan fingerprint density at radius 1 is 1.55 bits per heavy atom. The molecule has 0 aliphatic heterocycles. The summed E-state index contributed by atoms with van der Waals surface area (Å²) in [5, 5.41) is 9.13. The smallest absolute Gasteiger partial charge is 0.504 e. The van der Waals surface area contributed by atoms with E-state index in [1.165, 1.54) is 0 Å². The topological polar surface area (TPSA) is 29.5 Å². The Balaban J connectivity index is 2.86. The third-order valence-electron chi connectivity index (χ3n) is 1.36. The highest BCUT2D eigenvalue weighted by atomic mass is 35.5. The van der Waals surface area contributed by atoms with Crippen molar-refractivity contribution in [1.29, 1.82) is 0 Å². The number of benzene rings is 1. The van der Waals surface area contributed by atoms with Crippen LogP contribution in [0.2, 0.25) is 5.02 Å². The van der Waals surface area contributed by atoms with Crippen LogP contribution in [0.1, 0.15) is 5.56 Å². The van der Waals surface area contributed by atoms with Gasteiger partial charge in [0, 0.05) is 5.02 Å². The van der Waals surface area contributed by atoms with Gasteiger partial charge in [0.1, 0.15) is 5.75 Å². The van der Waals surface area contributed by atoms with Crippen molar-refractivity contribution in [3.8, 4) is 5.75 Å². The van der Waals surface area contributed by atoms with Gasteiger partial charge >= 0.3 is 7.69 Å². The summed E-state index contributed by atoms with van der Waals surface area (Å²) in [6.07, 6.45) is 0. The Kier molecular flexibility index (Phi) is 2.80.